The average molecular weight is 132 g/mol. The SMILES string of the molecule is CN(N=O)[Si](C)(C)C. The van der Waals surface area contributed by atoms with Crippen LogP contribution in [0.3, 0.4) is 0 Å². The second-order valence-electron chi connectivity index (χ2n) is 2.78. The van der Waals surface area contributed by atoms with Crippen molar-refractivity contribution in [1.82, 2.24) is 4.67 Å². The van der Waals surface area contributed by atoms with Crippen LogP contribution in [0.1, 0.15) is 0 Å². The van der Waals surface area contributed by atoms with Crippen molar-refractivity contribution < 1.29 is 0 Å². The van der Waals surface area contributed by atoms with E-state index in [0.717, 1.165) is 0 Å². The van der Waals surface area contributed by atoms with Crippen LogP contribution in [0.25, 0.3) is 0 Å². The predicted molar refractivity (Wildman–Crippen MR) is 36.9 cm³/mol. The van der Waals surface area contributed by atoms with Crippen LogP contribution in [-0.2, 0) is 0 Å². The topological polar surface area (TPSA) is 32.7 Å². The van der Waals surface area contributed by atoms with Crippen LogP contribution in [-0.4, -0.2) is 20.0 Å². The molecular weight excluding hydrogens is 120 g/mol. The first-order chi connectivity index (χ1) is 3.48. The molecule has 0 aromatic carbocycles. The third kappa shape index (κ3) is 2.06. The molecule has 0 atom stereocenters. The molecule has 3 nitrogen and oxygen atoms in total. The van der Waals surface area contributed by atoms with Crippen molar-refractivity contribution in [2.45, 2.75) is 19.6 Å². The van der Waals surface area contributed by atoms with Crippen LogP contribution in [0.15, 0.2) is 5.29 Å². The van der Waals surface area contributed by atoms with E-state index in [1.165, 1.54) is 4.67 Å². The molecule has 0 aliphatic heterocycles. The molecule has 0 aromatic heterocycles. The summed E-state index contributed by atoms with van der Waals surface area (Å²) < 4.78 is 1.52. The molecule has 0 radical (unpaired) electrons. The third-order valence-corrected chi connectivity index (χ3v) is 3.12. The molecule has 0 aromatic rings. The minimum absolute atomic E-state index is 1.41. The van der Waals surface area contributed by atoms with E-state index in [1.54, 1.807) is 7.05 Å². The lowest BCUT2D eigenvalue weighted by atomic mass is 11.5. The molecule has 0 N–H and O–H groups in total. The van der Waals surface area contributed by atoms with Crippen LogP contribution >= 0.6 is 0 Å². The monoisotopic (exact) mass is 132 g/mol. The fourth-order valence-electron chi connectivity index (χ4n) is 0.122. The number of hydrogen-bond donors (Lipinski definition) is 0. The van der Waals surface area contributed by atoms with Gasteiger partial charge in [-0.25, -0.2) is 0 Å². The molecule has 0 aliphatic carbocycles. The Bertz CT molecular complexity index is 88.5. The lowest BCUT2D eigenvalue weighted by molar-refractivity contribution is 0.541. The Morgan fingerprint density at radius 1 is 1.38 bits per heavy atom. The van der Waals surface area contributed by atoms with Gasteiger partial charge in [0, 0.05) is 12.3 Å². The Labute approximate surface area is 50.7 Å². The molecule has 0 unspecified atom stereocenters. The zero-order valence-corrected chi connectivity index (χ0v) is 6.80. The summed E-state index contributed by atoms with van der Waals surface area (Å²) >= 11 is 0. The Morgan fingerprint density at radius 2 is 1.75 bits per heavy atom. The van der Waals surface area contributed by atoms with E-state index in [9.17, 15) is 4.91 Å². The van der Waals surface area contributed by atoms with Crippen molar-refractivity contribution in [3.8, 4) is 0 Å². The highest BCUT2D eigenvalue weighted by Gasteiger charge is 2.19. The van der Waals surface area contributed by atoms with E-state index < -0.39 is 8.24 Å². The molecule has 0 amide bonds. The quantitative estimate of drug-likeness (QED) is 0.323. The average Bonchev–Trinajstić information content (AvgIpc) is 1.62. The molecule has 0 bridgehead atoms. The smallest absolute Gasteiger partial charge is 0.173 e. The van der Waals surface area contributed by atoms with Gasteiger partial charge in [-0.2, -0.15) is 0 Å². The number of hydrogen-bond acceptors (Lipinski definition) is 2. The van der Waals surface area contributed by atoms with Gasteiger partial charge in [0.15, 0.2) is 8.24 Å². The van der Waals surface area contributed by atoms with Gasteiger partial charge in [-0.3, -0.25) is 4.67 Å². The molecule has 4 heteroatoms. The van der Waals surface area contributed by atoms with Gasteiger partial charge in [-0.15, -0.1) is 4.91 Å². The molecule has 0 saturated carbocycles. The van der Waals surface area contributed by atoms with Crippen molar-refractivity contribution in [2.75, 3.05) is 7.05 Å². The van der Waals surface area contributed by atoms with Crippen molar-refractivity contribution in [2.24, 2.45) is 5.29 Å². The van der Waals surface area contributed by atoms with Gasteiger partial charge in [0.25, 0.3) is 0 Å². The van der Waals surface area contributed by atoms with Crippen LogP contribution in [0.5, 0.6) is 0 Å². The fourth-order valence-corrected chi connectivity index (χ4v) is 0.367. The molecule has 0 spiro atoms. The van der Waals surface area contributed by atoms with E-state index in [0.29, 0.717) is 0 Å². The van der Waals surface area contributed by atoms with Gasteiger partial charge in [-0.1, -0.05) is 19.6 Å². The first-order valence-electron chi connectivity index (χ1n) is 2.55. The highest BCUT2D eigenvalue weighted by atomic mass is 28.3. The fraction of sp³-hybridized carbons (Fsp3) is 1.00. The zero-order chi connectivity index (χ0) is 6.78. The Morgan fingerprint density at radius 3 is 1.75 bits per heavy atom. The van der Waals surface area contributed by atoms with E-state index in [-0.39, 0.29) is 0 Å². The molecular formula is C4H12N2OSi. The molecule has 48 valence electrons. The third-order valence-electron chi connectivity index (χ3n) is 1.09. The van der Waals surface area contributed by atoms with Gasteiger partial charge in [-0.05, 0) is 0 Å². The van der Waals surface area contributed by atoms with Crippen LogP contribution in [0.2, 0.25) is 19.6 Å². The summed E-state index contributed by atoms with van der Waals surface area (Å²) in [6.45, 7) is 6.19. The summed E-state index contributed by atoms with van der Waals surface area (Å²) in [7, 11) is 0.315. The Balaban J connectivity index is 3.80. The van der Waals surface area contributed by atoms with Gasteiger partial charge in [0.1, 0.15) is 0 Å². The first-order valence-corrected chi connectivity index (χ1v) is 6.00. The maximum absolute atomic E-state index is 9.86. The predicted octanol–water partition coefficient (Wildman–Crippen LogP) is 1.43. The van der Waals surface area contributed by atoms with E-state index in [4.69, 9.17) is 0 Å². The lowest BCUT2D eigenvalue weighted by Crippen LogP contribution is -2.38. The highest BCUT2D eigenvalue weighted by Crippen LogP contribution is 2.04. The highest BCUT2D eigenvalue weighted by molar-refractivity contribution is 6.73. The second-order valence-corrected chi connectivity index (χ2v) is 7.76. The summed E-state index contributed by atoms with van der Waals surface area (Å²) in [6, 6.07) is 0. The van der Waals surface area contributed by atoms with E-state index in [2.05, 4.69) is 24.9 Å². The minimum Gasteiger partial charge on any atom is -0.292 e. The van der Waals surface area contributed by atoms with Crippen LogP contribution in [0.4, 0.5) is 0 Å². The molecule has 0 aliphatic rings. The normalized spacial score (nSPS) is 11.0. The molecule has 0 saturated heterocycles. The van der Waals surface area contributed by atoms with E-state index >= 15 is 0 Å². The van der Waals surface area contributed by atoms with Crippen LogP contribution in [0, 0.1) is 4.91 Å². The van der Waals surface area contributed by atoms with E-state index in [1.807, 2.05) is 0 Å². The van der Waals surface area contributed by atoms with Gasteiger partial charge in [0.2, 0.25) is 0 Å². The summed E-state index contributed by atoms with van der Waals surface area (Å²) in [4.78, 5) is 9.86. The molecule has 8 heavy (non-hydrogen) atoms. The van der Waals surface area contributed by atoms with Crippen LogP contribution < -0.4 is 0 Å². The number of nitroso groups, excluding NO2 is 1. The van der Waals surface area contributed by atoms with Crippen molar-refractivity contribution in [3.63, 3.8) is 0 Å². The summed E-state index contributed by atoms with van der Waals surface area (Å²) in [5, 5.41) is 2.80. The van der Waals surface area contributed by atoms with Crippen molar-refractivity contribution in [3.05, 3.63) is 4.91 Å². The number of nitrogens with zero attached hydrogens (tertiary/aromatic N) is 2. The minimum atomic E-state index is -1.41. The summed E-state index contributed by atoms with van der Waals surface area (Å²) in [5.41, 5.74) is 0. The van der Waals surface area contributed by atoms with Gasteiger partial charge in [0.05, 0.1) is 0 Å². The maximum Gasteiger partial charge on any atom is 0.173 e. The van der Waals surface area contributed by atoms with Gasteiger partial charge < -0.3 is 0 Å². The zero-order valence-electron chi connectivity index (χ0n) is 5.80. The Kier molecular flexibility index (Phi) is 2.15. The maximum atomic E-state index is 9.86. The summed E-state index contributed by atoms with van der Waals surface area (Å²) in [5.74, 6) is 0. The van der Waals surface area contributed by atoms with Crippen molar-refractivity contribution in [1.29, 1.82) is 0 Å². The second kappa shape index (κ2) is 2.26. The Hall–Kier alpha value is -0.383. The molecule has 0 fully saturated rings. The van der Waals surface area contributed by atoms with Crippen molar-refractivity contribution >= 4 is 8.24 Å². The number of rotatable bonds is 2. The standard InChI is InChI=1S/C4H12N2OSi/c1-6(5-7)8(2,3)4/h1-4H3. The first kappa shape index (κ1) is 7.62. The lowest BCUT2D eigenvalue weighted by Gasteiger charge is -2.22. The molecule has 0 heterocycles. The summed E-state index contributed by atoms with van der Waals surface area (Å²) in [6.07, 6.45) is 0. The largest absolute Gasteiger partial charge is 0.292 e. The molecule has 0 rings (SSSR count). The van der Waals surface area contributed by atoms with Gasteiger partial charge >= 0.3 is 0 Å².